The number of halogens is 3. The molecule has 0 N–H and O–H groups in total. The molecule has 6 heteroatoms. The van der Waals surface area contributed by atoms with Crippen LogP contribution in [0.25, 0.3) is 50.0 Å². The van der Waals surface area contributed by atoms with Gasteiger partial charge in [-0.15, -0.1) is 0 Å². The zero-order chi connectivity index (χ0) is 26.8. The van der Waals surface area contributed by atoms with Crippen molar-refractivity contribution < 1.29 is 17.6 Å². The third kappa shape index (κ3) is 3.78. The van der Waals surface area contributed by atoms with Gasteiger partial charge in [-0.1, -0.05) is 70.2 Å². The van der Waals surface area contributed by atoms with Crippen molar-refractivity contribution in [3.8, 4) is 17.1 Å². The quantitative estimate of drug-likeness (QED) is 0.235. The molecule has 0 atom stereocenters. The molecule has 0 unspecified atom stereocenters. The van der Waals surface area contributed by atoms with Gasteiger partial charge < -0.3 is 4.42 Å². The Morgan fingerprint density at radius 2 is 1.45 bits per heavy atom. The first-order chi connectivity index (χ1) is 18.1. The van der Waals surface area contributed by atoms with Gasteiger partial charge in [-0.25, -0.2) is 4.98 Å². The maximum Gasteiger partial charge on any atom is 0.416 e. The maximum absolute atomic E-state index is 13.4. The molecule has 0 aliphatic carbocycles. The Morgan fingerprint density at radius 3 is 2.13 bits per heavy atom. The van der Waals surface area contributed by atoms with Gasteiger partial charge in [-0.05, 0) is 59.4 Å². The topological polar surface area (TPSA) is 31.0 Å². The molecule has 0 radical (unpaired) electrons. The van der Waals surface area contributed by atoms with Crippen LogP contribution in [0.3, 0.4) is 0 Å². The molecule has 6 rings (SSSR count). The van der Waals surface area contributed by atoms with Crippen LogP contribution in [0.1, 0.15) is 56.2 Å². The van der Waals surface area contributed by atoms with E-state index in [0.29, 0.717) is 16.8 Å². The average Bonchev–Trinajstić information content (AvgIpc) is 3.45. The standard InChI is InChI=1S/C32H27F3N2O/c1-18(2)21-9-7-10-22(19(3)4)29(21)37-27-14-6-5-13-26(27)36-31(37)25-12-8-11-24-23-16-15-20(32(33,34)35)17-28(23)38-30(24)25/h5-19H,1-4H3. The molecular formula is C32H27F3N2O. The number of hydrogen-bond acceptors (Lipinski definition) is 2. The summed E-state index contributed by atoms with van der Waals surface area (Å²) in [6, 6.07) is 23.8. The number of hydrogen-bond donors (Lipinski definition) is 0. The molecule has 0 saturated carbocycles. The second kappa shape index (κ2) is 8.76. The number of benzene rings is 4. The molecular weight excluding hydrogens is 485 g/mol. The lowest BCUT2D eigenvalue weighted by Crippen LogP contribution is -2.08. The number of furan rings is 1. The average molecular weight is 513 g/mol. The molecule has 0 spiro atoms. The van der Waals surface area contributed by atoms with Crippen LogP contribution in [0, 0.1) is 0 Å². The fourth-order valence-electron chi connectivity index (χ4n) is 5.35. The van der Waals surface area contributed by atoms with Crippen molar-refractivity contribution in [1.29, 1.82) is 0 Å². The number of alkyl halides is 3. The highest BCUT2D eigenvalue weighted by Crippen LogP contribution is 2.42. The van der Waals surface area contributed by atoms with E-state index in [1.807, 2.05) is 36.4 Å². The van der Waals surface area contributed by atoms with Gasteiger partial charge in [-0.3, -0.25) is 4.57 Å². The first kappa shape index (κ1) is 24.3. The van der Waals surface area contributed by atoms with Gasteiger partial charge in [0.2, 0.25) is 0 Å². The molecule has 38 heavy (non-hydrogen) atoms. The molecule has 0 fully saturated rings. The number of rotatable bonds is 4. The van der Waals surface area contributed by atoms with Crippen LogP contribution in [0.5, 0.6) is 0 Å². The van der Waals surface area contributed by atoms with Crippen molar-refractivity contribution in [2.75, 3.05) is 0 Å². The Labute approximate surface area is 218 Å². The molecule has 0 amide bonds. The van der Waals surface area contributed by atoms with E-state index in [0.717, 1.165) is 39.8 Å². The van der Waals surface area contributed by atoms with Crippen LogP contribution in [0.4, 0.5) is 13.2 Å². The minimum atomic E-state index is -4.45. The third-order valence-corrected chi connectivity index (χ3v) is 7.19. The summed E-state index contributed by atoms with van der Waals surface area (Å²) in [7, 11) is 0. The molecule has 4 aromatic carbocycles. The van der Waals surface area contributed by atoms with Crippen molar-refractivity contribution in [3.63, 3.8) is 0 Å². The van der Waals surface area contributed by atoms with E-state index in [-0.39, 0.29) is 17.4 Å². The number of nitrogens with zero attached hydrogens (tertiary/aromatic N) is 2. The van der Waals surface area contributed by atoms with Crippen LogP contribution in [-0.4, -0.2) is 9.55 Å². The van der Waals surface area contributed by atoms with Crippen molar-refractivity contribution in [3.05, 3.63) is 95.6 Å². The van der Waals surface area contributed by atoms with Crippen LogP contribution < -0.4 is 0 Å². The van der Waals surface area contributed by atoms with E-state index in [4.69, 9.17) is 9.40 Å². The summed E-state index contributed by atoms with van der Waals surface area (Å²) in [6.45, 7) is 8.72. The molecule has 0 aliphatic rings. The molecule has 0 aliphatic heterocycles. The van der Waals surface area contributed by atoms with Crippen LogP contribution in [0.15, 0.2) is 83.3 Å². The zero-order valence-corrected chi connectivity index (χ0v) is 21.6. The number of fused-ring (bicyclic) bond motifs is 4. The smallest absolute Gasteiger partial charge is 0.416 e. The fourth-order valence-corrected chi connectivity index (χ4v) is 5.35. The maximum atomic E-state index is 13.4. The number of para-hydroxylation sites is 4. The Kier molecular flexibility index (Phi) is 5.60. The second-order valence-corrected chi connectivity index (χ2v) is 10.3. The molecule has 0 bridgehead atoms. The molecule has 3 nitrogen and oxygen atoms in total. The monoisotopic (exact) mass is 512 g/mol. The van der Waals surface area contributed by atoms with E-state index >= 15 is 0 Å². The minimum Gasteiger partial charge on any atom is -0.455 e. The number of aromatic nitrogens is 2. The van der Waals surface area contributed by atoms with Gasteiger partial charge in [0.1, 0.15) is 17.0 Å². The summed E-state index contributed by atoms with van der Waals surface area (Å²) < 4.78 is 48.6. The first-order valence-electron chi connectivity index (χ1n) is 12.8. The highest BCUT2D eigenvalue weighted by Gasteiger charge is 2.31. The Bertz CT molecular complexity index is 1800. The summed E-state index contributed by atoms with van der Waals surface area (Å²) in [6.07, 6.45) is -4.45. The SMILES string of the molecule is CC(C)c1cccc(C(C)C)c1-n1c(-c2cccc3c2oc2cc(C(F)(F)F)ccc23)nc2ccccc21. The Hall–Kier alpha value is -4.06. The second-order valence-electron chi connectivity index (χ2n) is 10.3. The third-order valence-electron chi connectivity index (χ3n) is 7.19. The predicted octanol–water partition coefficient (Wildman–Crippen LogP) is 9.86. The van der Waals surface area contributed by atoms with Gasteiger partial charge in [0, 0.05) is 10.8 Å². The minimum absolute atomic E-state index is 0.204. The van der Waals surface area contributed by atoms with Crippen molar-refractivity contribution in [2.45, 2.75) is 45.7 Å². The largest absolute Gasteiger partial charge is 0.455 e. The summed E-state index contributed by atoms with van der Waals surface area (Å²) in [5.41, 5.74) is 6.02. The van der Waals surface area contributed by atoms with Crippen molar-refractivity contribution in [1.82, 2.24) is 9.55 Å². The van der Waals surface area contributed by atoms with Gasteiger partial charge in [0.15, 0.2) is 0 Å². The zero-order valence-electron chi connectivity index (χ0n) is 21.6. The van der Waals surface area contributed by atoms with E-state index in [2.05, 4.69) is 56.5 Å². The number of imidazole rings is 1. The van der Waals surface area contributed by atoms with Gasteiger partial charge >= 0.3 is 6.18 Å². The molecule has 0 saturated heterocycles. The summed E-state index contributed by atoms with van der Waals surface area (Å²) >= 11 is 0. The summed E-state index contributed by atoms with van der Waals surface area (Å²) in [5.74, 6) is 1.22. The predicted molar refractivity (Wildman–Crippen MR) is 147 cm³/mol. The lowest BCUT2D eigenvalue weighted by atomic mass is 9.92. The highest BCUT2D eigenvalue weighted by atomic mass is 19.4. The van der Waals surface area contributed by atoms with Gasteiger partial charge in [-0.2, -0.15) is 13.2 Å². The van der Waals surface area contributed by atoms with Crippen LogP contribution in [0.2, 0.25) is 0 Å². The Balaban J connectivity index is 1.71. The Morgan fingerprint density at radius 1 is 0.763 bits per heavy atom. The summed E-state index contributed by atoms with van der Waals surface area (Å²) in [5, 5.41) is 1.40. The van der Waals surface area contributed by atoms with Gasteiger partial charge in [0.25, 0.3) is 0 Å². The lowest BCUT2D eigenvalue weighted by molar-refractivity contribution is -0.137. The fraction of sp³-hybridized carbons (Fsp3) is 0.219. The van der Waals surface area contributed by atoms with E-state index in [1.54, 1.807) is 0 Å². The van der Waals surface area contributed by atoms with Crippen LogP contribution >= 0.6 is 0 Å². The normalized spacial score (nSPS) is 12.6. The molecule has 2 aromatic heterocycles. The van der Waals surface area contributed by atoms with E-state index < -0.39 is 11.7 Å². The molecule has 6 aromatic rings. The van der Waals surface area contributed by atoms with E-state index in [1.165, 1.54) is 17.2 Å². The van der Waals surface area contributed by atoms with Crippen molar-refractivity contribution >= 4 is 33.0 Å². The van der Waals surface area contributed by atoms with Crippen molar-refractivity contribution in [2.24, 2.45) is 0 Å². The summed E-state index contributed by atoms with van der Waals surface area (Å²) in [4.78, 5) is 5.06. The molecule has 2 heterocycles. The first-order valence-corrected chi connectivity index (χ1v) is 12.8. The lowest BCUT2D eigenvalue weighted by Gasteiger charge is -2.22. The highest BCUT2D eigenvalue weighted by molar-refractivity contribution is 6.09. The molecule has 192 valence electrons. The van der Waals surface area contributed by atoms with E-state index in [9.17, 15) is 13.2 Å². The van der Waals surface area contributed by atoms with Crippen LogP contribution in [-0.2, 0) is 6.18 Å². The van der Waals surface area contributed by atoms with Gasteiger partial charge in [0.05, 0.1) is 27.8 Å².